The lowest BCUT2D eigenvalue weighted by atomic mass is 10.0. The number of hydrogen-bond acceptors (Lipinski definition) is 3. The van der Waals surface area contributed by atoms with Crippen LogP contribution in [0.5, 0.6) is 11.5 Å². The summed E-state index contributed by atoms with van der Waals surface area (Å²) >= 11 is 14.4. The summed E-state index contributed by atoms with van der Waals surface area (Å²) in [4.78, 5) is 14.8. The summed E-state index contributed by atoms with van der Waals surface area (Å²) in [7, 11) is 0. The number of carbonyl (C=O) groups is 1. The summed E-state index contributed by atoms with van der Waals surface area (Å²) < 4.78 is 12.9. The van der Waals surface area contributed by atoms with Crippen molar-refractivity contribution < 1.29 is 14.3 Å². The molecule has 0 spiro atoms. The van der Waals surface area contributed by atoms with Crippen LogP contribution in [0.1, 0.15) is 30.5 Å². The molecule has 1 aliphatic rings. The van der Waals surface area contributed by atoms with Gasteiger partial charge in [0.15, 0.2) is 11.5 Å². The lowest BCUT2D eigenvalue weighted by Crippen LogP contribution is -2.25. The molecule has 0 aromatic heterocycles. The molecule has 3 aromatic carbocycles. The molecule has 0 unspecified atom stereocenters. The Balaban J connectivity index is 1.67. The van der Waals surface area contributed by atoms with E-state index in [9.17, 15) is 4.79 Å². The number of hydrogen-bond donors (Lipinski definition) is 0. The minimum Gasteiger partial charge on any atom is -0.490 e. The number of benzene rings is 3. The first-order chi connectivity index (χ1) is 15.9. The van der Waals surface area contributed by atoms with Crippen LogP contribution in [0, 0.1) is 3.57 Å². The second-order valence-corrected chi connectivity index (χ2v) is 9.40. The van der Waals surface area contributed by atoms with E-state index in [0.29, 0.717) is 46.9 Å². The highest BCUT2D eigenvalue weighted by Crippen LogP contribution is 2.40. The van der Waals surface area contributed by atoms with Crippen molar-refractivity contribution in [3.8, 4) is 11.5 Å². The summed E-state index contributed by atoms with van der Waals surface area (Å²) in [5.74, 6) is 1.29. The van der Waals surface area contributed by atoms with E-state index in [0.717, 1.165) is 25.9 Å². The second kappa shape index (κ2) is 10.4. The van der Waals surface area contributed by atoms with E-state index in [-0.39, 0.29) is 5.91 Å². The number of anilines is 1. The maximum Gasteiger partial charge on any atom is 0.258 e. The van der Waals surface area contributed by atoms with Gasteiger partial charge in [-0.15, -0.1) is 0 Å². The van der Waals surface area contributed by atoms with Gasteiger partial charge in [0.1, 0.15) is 6.61 Å². The van der Waals surface area contributed by atoms with Crippen LogP contribution in [0.3, 0.4) is 0 Å². The molecule has 0 saturated heterocycles. The van der Waals surface area contributed by atoms with E-state index in [2.05, 4.69) is 22.6 Å². The van der Waals surface area contributed by atoms with Crippen LogP contribution in [-0.4, -0.2) is 19.1 Å². The Kier molecular flexibility index (Phi) is 7.51. The standard InChI is InChI=1S/C26H22Cl2INO3/c1-3-30-23-8-6-5-7-18(23)19(26(30)31)11-17-13-22(29)25(24(14-17)32-4-2)33-15-16-9-10-20(27)21(28)12-16/h5-14H,3-4,15H2,1-2H3/b19-11-. The Morgan fingerprint density at radius 1 is 1.00 bits per heavy atom. The van der Waals surface area contributed by atoms with Crippen LogP contribution < -0.4 is 14.4 Å². The van der Waals surface area contributed by atoms with Gasteiger partial charge in [0.2, 0.25) is 0 Å². The van der Waals surface area contributed by atoms with Crippen LogP contribution in [0.25, 0.3) is 11.6 Å². The third-order valence-electron chi connectivity index (χ3n) is 5.29. The maximum absolute atomic E-state index is 13.1. The highest BCUT2D eigenvalue weighted by molar-refractivity contribution is 14.1. The van der Waals surface area contributed by atoms with Gasteiger partial charge in [-0.1, -0.05) is 47.5 Å². The molecule has 1 amide bonds. The maximum atomic E-state index is 13.1. The molecule has 7 heteroatoms. The number of fused-ring (bicyclic) bond motifs is 1. The normalized spacial score (nSPS) is 14.0. The number of amides is 1. The van der Waals surface area contributed by atoms with Crippen molar-refractivity contribution in [3.05, 3.63) is 84.9 Å². The number of rotatable bonds is 7. The second-order valence-electron chi connectivity index (χ2n) is 7.42. The van der Waals surface area contributed by atoms with Crippen LogP contribution in [0.4, 0.5) is 5.69 Å². The monoisotopic (exact) mass is 593 g/mol. The van der Waals surface area contributed by atoms with Gasteiger partial charge in [0.25, 0.3) is 5.91 Å². The van der Waals surface area contributed by atoms with Crippen molar-refractivity contribution in [2.75, 3.05) is 18.1 Å². The summed E-state index contributed by atoms with van der Waals surface area (Å²) in [6.45, 7) is 5.34. The zero-order chi connectivity index (χ0) is 23.5. The number of ether oxygens (including phenoxy) is 2. The molecule has 3 aromatic rings. The topological polar surface area (TPSA) is 38.8 Å². The smallest absolute Gasteiger partial charge is 0.258 e. The lowest BCUT2D eigenvalue weighted by Gasteiger charge is -2.15. The molecule has 4 rings (SSSR count). The molecule has 0 atom stereocenters. The minimum absolute atomic E-state index is 0.00612. The first-order valence-electron chi connectivity index (χ1n) is 10.6. The molecule has 0 saturated carbocycles. The summed E-state index contributed by atoms with van der Waals surface area (Å²) in [5.41, 5.74) is 4.34. The Morgan fingerprint density at radius 3 is 2.52 bits per heavy atom. The van der Waals surface area contributed by atoms with Gasteiger partial charge < -0.3 is 14.4 Å². The fourth-order valence-corrected chi connectivity index (χ4v) is 4.89. The number of likely N-dealkylation sites (N-methyl/N-ethyl adjacent to an activating group) is 1. The number of nitrogens with zero attached hydrogens (tertiary/aromatic N) is 1. The average Bonchev–Trinajstić information content (AvgIpc) is 3.06. The van der Waals surface area contributed by atoms with Crippen molar-refractivity contribution in [2.24, 2.45) is 0 Å². The molecule has 33 heavy (non-hydrogen) atoms. The van der Waals surface area contributed by atoms with E-state index in [1.54, 1.807) is 17.0 Å². The molecular weight excluding hydrogens is 572 g/mol. The number of carbonyl (C=O) groups excluding carboxylic acids is 1. The first-order valence-corrected chi connectivity index (χ1v) is 12.4. The van der Waals surface area contributed by atoms with Crippen LogP contribution >= 0.6 is 45.8 Å². The summed E-state index contributed by atoms with van der Waals surface area (Å²) in [6.07, 6.45) is 1.92. The van der Waals surface area contributed by atoms with Crippen molar-refractivity contribution >= 4 is 69.0 Å². The van der Waals surface area contributed by atoms with Crippen molar-refractivity contribution in [2.45, 2.75) is 20.5 Å². The van der Waals surface area contributed by atoms with Gasteiger partial charge in [0.05, 0.1) is 25.9 Å². The van der Waals surface area contributed by atoms with E-state index >= 15 is 0 Å². The number of halogens is 3. The minimum atomic E-state index is 0.00612. The third-order valence-corrected chi connectivity index (χ3v) is 6.83. The molecule has 0 radical (unpaired) electrons. The van der Waals surface area contributed by atoms with Crippen molar-refractivity contribution in [3.63, 3.8) is 0 Å². The van der Waals surface area contributed by atoms with Gasteiger partial charge >= 0.3 is 0 Å². The molecule has 0 aliphatic carbocycles. The molecule has 0 fully saturated rings. The van der Waals surface area contributed by atoms with E-state index in [1.807, 2.05) is 62.4 Å². The quantitative estimate of drug-likeness (QED) is 0.210. The van der Waals surface area contributed by atoms with E-state index in [1.165, 1.54) is 0 Å². The Morgan fingerprint density at radius 2 is 1.79 bits per heavy atom. The Labute approximate surface area is 217 Å². The average molecular weight is 594 g/mol. The third kappa shape index (κ3) is 5.00. The summed E-state index contributed by atoms with van der Waals surface area (Å²) in [5, 5.41) is 0.995. The van der Waals surface area contributed by atoms with Gasteiger partial charge in [-0.25, -0.2) is 0 Å². The molecule has 1 heterocycles. The Bertz CT molecular complexity index is 1240. The van der Waals surface area contributed by atoms with Gasteiger partial charge in [-0.05, 0) is 84.0 Å². The Hall–Kier alpha value is -2.22. The predicted molar refractivity (Wildman–Crippen MR) is 143 cm³/mol. The lowest BCUT2D eigenvalue weighted by molar-refractivity contribution is -0.112. The van der Waals surface area contributed by atoms with Gasteiger partial charge in [-0.2, -0.15) is 0 Å². The molecule has 170 valence electrons. The van der Waals surface area contributed by atoms with Crippen molar-refractivity contribution in [1.82, 2.24) is 0 Å². The van der Waals surface area contributed by atoms with Crippen LogP contribution in [0.2, 0.25) is 10.0 Å². The predicted octanol–water partition coefficient (Wildman–Crippen LogP) is 7.48. The fourth-order valence-electron chi connectivity index (χ4n) is 3.79. The van der Waals surface area contributed by atoms with Crippen LogP contribution in [0.15, 0.2) is 54.6 Å². The van der Waals surface area contributed by atoms with Crippen molar-refractivity contribution in [1.29, 1.82) is 0 Å². The molecule has 0 N–H and O–H groups in total. The number of para-hydroxylation sites is 1. The highest BCUT2D eigenvalue weighted by atomic mass is 127. The molecule has 4 nitrogen and oxygen atoms in total. The zero-order valence-corrected chi connectivity index (χ0v) is 21.9. The summed E-state index contributed by atoms with van der Waals surface area (Å²) in [6, 6.07) is 17.2. The van der Waals surface area contributed by atoms with E-state index in [4.69, 9.17) is 32.7 Å². The SMILES string of the molecule is CCOc1cc(/C=C2\C(=O)N(CC)c3ccccc32)cc(I)c1OCc1ccc(Cl)c(Cl)c1. The molecule has 1 aliphatic heterocycles. The molecular formula is C26H22Cl2INO3. The largest absolute Gasteiger partial charge is 0.490 e. The van der Waals surface area contributed by atoms with E-state index < -0.39 is 0 Å². The first kappa shape index (κ1) is 23.9. The fraction of sp³-hybridized carbons (Fsp3) is 0.192. The molecule has 0 bridgehead atoms. The van der Waals surface area contributed by atoms with Crippen LogP contribution in [-0.2, 0) is 11.4 Å². The zero-order valence-electron chi connectivity index (χ0n) is 18.2. The highest BCUT2D eigenvalue weighted by Gasteiger charge is 2.30. The van der Waals surface area contributed by atoms with Gasteiger partial charge in [0, 0.05) is 17.7 Å². The van der Waals surface area contributed by atoms with Gasteiger partial charge in [-0.3, -0.25) is 4.79 Å².